The summed E-state index contributed by atoms with van der Waals surface area (Å²) in [6.45, 7) is 5.95. The van der Waals surface area contributed by atoms with Gasteiger partial charge < -0.3 is 14.8 Å². The Bertz CT molecular complexity index is 392. The molecule has 0 spiro atoms. The molecule has 1 unspecified atom stereocenters. The highest BCUT2D eigenvalue weighted by atomic mass is 16.5. The third-order valence-corrected chi connectivity index (χ3v) is 3.52. The molecular weight excluding hydrogens is 238 g/mol. The summed E-state index contributed by atoms with van der Waals surface area (Å²) in [6.07, 6.45) is 5.84. The zero-order valence-electron chi connectivity index (χ0n) is 12.1. The van der Waals surface area contributed by atoms with Gasteiger partial charge in [-0.05, 0) is 25.0 Å². The lowest BCUT2D eigenvalue weighted by Crippen LogP contribution is -2.18. The zero-order valence-corrected chi connectivity index (χ0v) is 12.1. The molecule has 1 atom stereocenters. The van der Waals surface area contributed by atoms with Crippen LogP contribution in [0.3, 0.4) is 0 Å². The van der Waals surface area contributed by atoms with Crippen LogP contribution in [0.25, 0.3) is 0 Å². The molecule has 0 bridgehead atoms. The van der Waals surface area contributed by atoms with Crippen molar-refractivity contribution in [2.45, 2.75) is 52.0 Å². The molecule has 1 N–H and O–H groups in total. The first-order valence-corrected chi connectivity index (χ1v) is 7.49. The first-order chi connectivity index (χ1) is 9.33. The summed E-state index contributed by atoms with van der Waals surface area (Å²) in [5.74, 6) is 1.73. The Kier molecular flexibility index (Phi) is 5.37. The molecule has 0 fully saturated rings. The van der Waals surface area contributed by atoms with Gasteiger partial charge in [0, 0.05) is 24.2 Å². The van der Waals surface area contributed by atoms with Gasteiger partial charge in [0.15, 0.2) is 11.5 Å². The maximum absolute atomic E-state index is 5.72. The van der Waals surface area contributed by atoms with Gasteiger partial charge >= 0.3 is 0 Å². The highest BCUT2D eigenvalue weighted by Gasteiger charge is 2.12. The Morgan fingerprint density at radius 3 is 2.68 bits per heavy atom. The molecule has 106 valence electrons. The summed E-state index contributed by atoms with van der Waals surface area (Å²) < 4.78 is 11.4. The number of benzene rings is 1. The van der Waals surface area contributed by atoms with Gasteiger partial charge in [0.2, 0.25) is 0 Å². The molecule has 3 nitrogen and oxygen atoms in total. The predicted octanol–water partition coefficient (Wildman–Crippen LogP) is 4.23. The molecule has 0 saturated heterocycles. The quantitative estimate of drug-likeness (QED) is 0.833. The Morgan fingerprint density at radius 2 is 1.95 bits per heavy atom. The van der Waals surface area contributed by atoms with Gasteiger partial charge in [-0.25, -0.2) is 0 Å². The van der Waals surface area contributed by atoms with Crippen molar-refractivity contribution in [2.75, 3.05) is 18.5 Å². The maximum Gasteiger partial charge on any atom is 0.163 e. The zero-order chi connectivity index (χ0) is 13.5. The Labute approximate surface area is 116 Å². The van der Waals surface area contributed by atoms with Crippen molar-refractivity contribution in [2.24, 2.45) is 0 Å². The molecule has 0 radical (unpaired) electrons. The Morgan fingerprint density at radius 1 is 1.16 bits per heavy atom. The third-order valence-electron chi connectivity index (χ3n) is 3.52. The first-order valence-electron chi connectivity index (χ1n) is 7.49. The van der Waals surface area contributed by atoms with Crippen molar-refractivity contribution in [3.05, 3.63) is 18.2 Å². The van der Waals surface area contributed by atoms with Crippen molar-refractivity contribution < 1.29 is 9.47 Å². The van der Waals surface area contributed by atoms with Crippen molar-refractivity contribution >= 4 is 5.69 Å². The topological polar surface area (TPSA) is 30.5 Å². The summed E-state index contributed by atoms with van der Waals surface area (Å²) in [7, 11) is 0. The largest absolute Gasteiger partial charge is 0.490 e. The summed E-state index contributed by atoms with van der Waals surface area (Å²) in [5, 5.41) is 3.60. The van der Waals surface area contributed by atoms with Gasteiger partial charge in [-0.1, -0.05) is 26.7 Å². The van der Waals surface area contributed by atoms with E-state index in [9.17, 15) is 0 Å². The second-order valence-electron chi connectivity index (χ2n) is 5.10. The number of hydrogen-bond acceptors (Lipinski definition) is 3. The van der Waals surface area contributed by atoms with Crippen molar-refractivity contribution in [3.63, 3.8) is 0 Å². The fourth-order valence-corrected chi connectivity index (χ4v) is 2.32. The van der Waals surface area contributed by atoms with E-state index in [0.29, 0.717) is 6.04 Å². The molecule has 1 heterocycles. The average molecular weight is 263 g/mol. The van der Waals surface area contributed by atoms with Gasteiger partial charge in [-0.2, -0.15) is 0 Å². The molecule has 2 rings (SSSR count). The SMILES string of the molecule is CCCCC(CC)Nc1ccc2c(c1)OCCCO2. The lowest BCUT2D eigenvalue weighted by molar-refractivity contribution is 0.297. The van der Waals surface area contributed by atoms with Gasteiger partial charge in [0.25, 0.3) is 0 Å². The molecule has 0 amide bonds. The molecule has 3 heteroatoms. The van der Waals surface area contributed by atoms with E-state index in [0.717, 1.165) is 43.2 Å². The molecule has 0 aliphatic carbocycles. The molecule has 1 aliphatic rings. The van der Waals surface area contributed by atoms with Crippen LogP contribution >= 0.6 is 0 Å². The molecule has 0 aromatic heterocycles. The predicted molar refractivity (Wildman–Crippen MR) is 79.3 cm³/mol. The lowest BCUT2D eigenvalue weighted by atomic mass is 10.1. The van der Waals surface area contributed by atoms with E-state index in [1.807, 2.05) is 6.07 Å². The molecule has 1 aromatic carbocycles. The van der Waals surface area contributed by atoms with Crippen molar-refractivity contribution in [1.82, 2.24) is 0 Å². The number of nitrogens with one attached hydrogen (secondary N) is 1. The fourth-order valence-electron chi connectivity index (χ4n) is 2.32. The summed E-state index contributed by atoms with van der Waals surface area (Å²) in [6, 6.07) is 6.71. The van der Waals surface area contributed by atoms with Crippen LogP contribution in [0.15, 0.2) is 18.2 Å². The molecule has 1 aliphatic heterocycles. The minimum absolute atomic E-state index is 0.546. The second-order valence-corrected chi connectivity index (χ2v) is 5.10. The Balaban J connectivity index is 2.02. The van der Waals surface area contributed by atoms with Crippen LogP contribution in [0.1, 0.15) is 46.0 Å². The van der Waals surface area contributed by atoms with E-state index in [1.54, 1.807) is 0 Å². The van der Waals surface area contributed by atoms with Gasteiger partial charge in [-0.15, -0.1) is 0 Å². The number of hydrogen-bond donors (Lipinski definition) is 1. The van der Waals surface area contributed by atoms with Crippen molar-refractivity contribution in [1.29, 1.82) is 0 Å². The second kappa shape index (κ2) is 7.27. The van der Waals surface area contributed by atoms with E-state index in [-0.39, 0.29) is 0 Å². The highest BCUT2D eigenvalue weighted by molar-refractivity contribution is 5.55. The first kappa shape index (κ1) is 14.0. The number of anilines is 1. The standard InChI is InChI=1S/C16H25NO2/c1-3-5-7-13(4-2)17-14-8-9-15-16(12-14)19-11-6-10-18-15/h8-9,12-13,17H,3-7,10-11H2,1-2H3. The van der Waals surface area contributed by atoms with Crippen LogP contribution in [-0.2, 0) is 0 Å². The smallest absolute Gasteiger partial charge is 0.163 e. The molecule has 1 aromatic rings. The van der Waals surface area contributed by atoms with Crippen LogP contribution in [-0.4, -0.2) is 19.3 Å². The molecular formula is C16H25NO2. The minimum Gasteiger partial charge on any atom is -0.490 e. The van der Waals surface area contributed by atoms with E-state index in [1.165, 1.54) is 19.3 Å². The summed E-state index contributed by atoms with van der Waals surface area (Å²) in [5.41, 5.74) is 1.13. The number of unbranched alkanes of at least 4 members (excludes halogenated alkanes) is 1. The average Bonchev–Trinajstić information content (AvgIpc) is 2.68. The Hall–Kier alpha value is -1.38. The van der Waals surface area contributed by atoms with E-state index in [4.69, 9.17) is 9.47 Å². The molecule has 0 saturated carbocycles. The fraction of sp³-hybridized carbons (Fsp3) is 0.625. The van der Waals surface area contributed by atoms with Gasteiger partial charge in [0.1, 0.15) is 0 Å². The van der Waals surface area contributed by atoms with E-state index in [2.05, 4.69) is 31.3 Å². The van der Waals surface area contributed by atoms with Crippen LogP contribution in [0.4, 0.5) is 5.69 Å². The minimum atomic E-state index is 0.546. The van der Waals surface area contributed by atoms with Gasteiger partial charge in [0.05, 0.1) is 13.2 Å². The summed E-state index contributed by atoms with van der Waals surface area (Å²) >= 11 is 0. The van der Waals surface area contributed by atoms with Gasteiger partial charge in [-0.3, -0.25) is 0 Å². The van der Waals surface area contributed by atoms with E-state index >= 15 is 0 Å². The monoisotopic (exact) mass is 263 g/mol. The van der Waals surface area contributed by atoms with Crippen LogP contribution in [0.2, 0.25) is 0 Å². The van der Waals surface area contributed by atoms with Crippen LogP contribution in [0.5, 0.6) is 11.5 Å². The number of ether oxygens (including phenoxy) is 2. The number of fused-ring (bicyclic) bond motifs is 1. The maximum atomic E-state index is 5.72. The lowest BCUT2D eigenvalue weighted by Gasteiger charge is -2.19. The normalized spacial score (nSPS) is 15.7. The van der Waals surface area contributed by atoms with Crippen LogP contribution < -0.4 is 14.8 Å². The summed E-state index contributed by atoms with van der Waals surface area (Å²) in [4.78, 5) is 0. The van der Waals surface area contributed by atoms with Crippen molar-refractivity contribution in [3.8, 4) is 11.5 Å². The van der Waals surface area contributed by atoms with Crippen LogP contribution in [0, 0.1) is 0 Å². The number of rotatable bonds is 6. The molecule has 19 heavy (non-hydrogen) atoms. The highest BCUT2D eigenvalue weighted by Crippen LogP contribution is 2.32. The third kappa shape index (κ3) is 4.05. The van der Waals surface area contributed by atoms with E-state index < -0.39 is 0 Å².